The highest BCUT2D eigenvalue weighted by Gasteiger charge is 2.35. The van der Waals surface area contributed by atoms with Crippen LogP contribution in [0.3, 0.4) is 0 Å². The fraction of sp³-hybridized carbons (Fsp3) is 0.389. The quantitative estimate of drug-likeness (QED) is 0.276. The Labute approximate surface area is 172 Å². The Morgan fingerprint density at radius 3 is 2.31 bits per heavy atom. The van der Waals surface area contributed by atoms with Crippen molar-refractivity contribution >= 4 is 57.8 Å². The predicted molar refractivity (Wildman–Crippen MR) is 112 cm³/mol. The molecule has 1 aliphatic heterocycles. The molecule has 1 aliphatic rings. The zero-order valence-corrected chi connectivity index (χ0v) is 18.3. The number of hydrogen-bond acceptors (Lipinski definition) is 5. The van der Waals surface area contributed by atoms with Gasteiger partial charge in [-0.2, -0.15) is 0 Å². The van der Waals surface area contributed by atoms with Gasteiger partial charge in [-0.05, 0) is 71.9 Å². The molecule has 0 N–H and O–H groups in total. The van der Waals surface area contributed by atoms with E-state index in [1.807, 2.05) is 19.9 Å². The second kappa shape index (κ2) is 8.34. The van der Waals surface area contributed by atoms with Crippen molar-refractivity contribution in [3.05, 3.63) is 26.8 Å². The van der Waals surface area contributed by atoms with E-state index >= 15 is 0 Å². The largest absolute Gasteiger partial charge is 0.493 e. The molecule has 2 rings (SSSR count). The lowest BCUT2D eigenvalue weighted by atomic mass is 10.1. The number of hydrogen-bond donors (Lipinski definition) is 0. The van der Waals surface area contributed by atoms with Crippen LogP contribution in [0.4, 0.5) is 0 Å². The molecule has 1 atom stereocenters. The van der Waals surface area contributed by atoms with E-state index in [4.69, 9.17) is 21.7 Å². The molecule has 0 saturated carbocycles. The van der Waals surface area contributed by atoms with Crippen molar-refractivity contribution in [3.8, 4) is 11.5 Å². The number of rotatable bonds is 5. The molecular weight excluding hydrogens is 467 g/mol. The summed E-state index contributed by atoms with van der Waals surface area (Å²) in [6.45, 7) is 4.03. The number of halogens is 1. The maximum atomic E-state index is 12.5. The average Bonchev–Trinajstić information content (AvgIpc) is 2.63. The molecule has 0 unspecified atom stereocenters. The van der Waals surface area contributed by atoms with Gasteiger partial charge in [0.2, 0.25) is 0 Å². The molecule has 140 valence electrons. The molecule has 1 aromatic rings. The Morgan fingerprint density at radius 1 is 1.23 bits per heavy atom. The number of carbonyl (C=O) groups excluding carboxylic acids is 2. The van der Waals surface area contributed by atoms with Gasteiger partial charge in [-0.3, -0.25) is 19.4 Å². The smallest absolute Gasteiger partial charge is 0.265 e. The van der Waals surface area contributed by atoms with Crippen molar-refractivity contribution in [1.29, 1.82) is 0 Å². The fourth-order valence-corrected chi connectivity index (χ4v) is 3.28. The normalized spacial score (nSPS) is 16.1. The van der Waals surface area contributed by atoms with Crippen LogP contribution in [0.25, 0.3) is 6.08 Å². The number of thiocarbonyl (C=S) groups is 1. The Balaban J connectivity index is 2.47. The molecular formula is C18H21IN2O4S. The van der Waals surface area contributed by atoms with E-state index in [2.05, 4.69) is 22.6 Å². The van der Waals surface area contributed by atoms with Crippen LogP contribution in [0.2, 0.25) is 0 Å². The molecule has 0 aliphatic carbocycles. The van der Waals surface area contributed by atoms with E-state index in [-0.39, 0.29) is 16.8 Å². The maximum absolute atomic E-state index is 12.5. The molecule has 0 aromatic heterocycles. The SMILES string of the molecule is CC[C@@H](C)Oc1c(I)cc(C=C2C(=O)N(C)C(=S)N(C)C2=O)cc1OC. The fourth-order valence-electron chi connectivity index (χ4n) is 2.36. The zero-order valence-electron chi connectivity index (χ0n) is 15.3. The van der Waals surface area contributed by atoms with Crippen LogP contribution in [0.1, 0.15) is 25.8 Å². The Bertz CT molecular complexity index is 768. The van der Waals surface area contributed by atoms with E-state index in [1.54, 1.807) is 33.3 Å². The van der Waals surface area contributed by atoms with Gasteiger partial charge in [-0.15, -0.1) is 0 Å². The number of amides is 2. The van der Waals surface area contributed by atoms with E-state index < -0.39 is 11.8 Å². The van der Waals surface area contributed by atoms with Gasteiger partial charge in [0.05, 0.1) is 16.8 Å². The first-order valence-corrected chi connectivity index (χ1v) is 9.55. The van der Waals surface area contributed by atoms with Crippen LogP contribution < -0.4 is 9.47 Å². The van der Waals surface area contributed by atoms with Crippen molar-refractivity contribution in [2.45, 2.75) is 26.4 Å². The average molecular weight is 488 g/mol. The Morgan fingerprint density at radius 2 is 1.81 bits per heavy atom. The van der Waals surface area contributed by atoms with Crippen LogP contribution in [0, 0.1) is 3.57 Å². The van der Waals surface area contributed by atoms with Gasteiger partial charge in [-0.25, -0.2) is 0 Å². The number of benzene rings is 1. The second-order valence-corrected chi connectivity index (χ2v) is 7.47. The lowest BCUT2D eigenvalue weighted by molar-refractivity contribution is -0.132. The van der Waals surface area contributed by atoms with E-state index in [0.29, 0.717) is 17.1 Å². The number of methoxy groups -OCH3 is 1. The summed E-state index contributed by atoms with van der Waals surface area (Å²) in [5.74, 6) is 0.359. The molecule has 0 bridgehead atoms. The highest BCUT2D eigenvalue weighted by Crippen LogP contribution is 2.36. The lowest BCUT2D eigenvalue weighted by Crippen LogP contribution is -2.52. The van der Waals surface area contributed by atoms with Crippen LogP contribution in [-0.4, -0.2) is 54.0 Å². The molecule has 26 heavy (non-hydrogen) atoms. The van der Waals surface area contributed by atoms with E-state index in [9.17, 15) is 9.59 Å². The number of carbonyl (C=O) groups is 2. The third-order valence-corrected chi connectivity index (χ3v) is 5.45. The van der Waals surface area contributed by atoms with Crippen molar-refractivity contribution in [3.63, 3.8) is 0 Å². The van der Waals surface area contributed by atoms with Crippen molar-refractivity contribution in [2.24, 2.45) is 0 Å². The van der Waals surface area contributed by atoms with Crippen LogP contribution >= 0.6 is 34.8 Å². The third-order valence-electron chi connectivity index (χ3n) is 4.10. The van der Waals surface area contributed by atoms with Crippen molar-refractivity contribution < 1.29 is 19.1 Å². The Kier molecular flexibility index (Phi) is 6.62. The van der Waals surface area contributed by atoms with E-state index in [1.165, 1.54) is 9.80 Å². The molecule has 1 saturated heterocycles. The summed E-state index contributed by atoms with van der Waals surface area (Å²) >= 11 is 7.25. The van der Waals surface area contributed by atoms with Gasteiger partial charge < -0.3 is 9.47 Å². The van der Waals surface area contributed by atoms with Crippen molar-refractivity contribution in [2.75, 3.05) is 21.2 Å². The molecule has 1 aromatic carbocycles. The molecule has 0 spiro atoms. The topological polar surface area (TPSA) is 59.1 Å². The summed E-state index contributed by atoms with van der Waals surface area (Å²) in [5, 5.41) is 0.182. The summed E-state index contributed by atoms with van der Waals surface area (Å²) in [6.07, 6.45) is 2.47. The number of nitrogens with zero attached hydrogens (tertiary/aromatic N) is 2. The highest BCUT2D eigenvalue weighted by atomic mass is 127. The van der Waals surface area contributed by atoms with Crippen LogP contribution in [0.5, 0.6) is 11.5 Å². The van der Waals surface area contributed by atoms with Gasteiger partial charge in [0, 0.05) is 14.1 Å². The molecule has 2 amide bonds. The summed E-state index contributed by atoms with van der Waals surface area (Å²) in [5.41, 5.74) is 0.728. The first-order valence-electron chi connectivity index (χ1n) is 8.07. The summed E-state index contributed by atoms with van der Waals surface area (Å²) in [4.78, 5) is 27.5. The first-order chi connectivity index (χ1) is 12.2. The van der Waals surface area contributed by atoms with Crippen molar-refractivity contribution in [1.82, 2.24) is 9.80 Å². The summed E-state index contributed by atoms with van der Waals surface area (Å²) < 4.78 is 12.2. The predicted octanol–water partition coefficient (Wildman–Crippen LogP) is 3.08. The first kappa shape index (κ1) is 20.6. The zero-order chi connectivity index (χ0) is 19.6. The highest BCUT2D eigenvalue weighted by molar-refractivity contribution is 14.1. The number of likely N-dealkylation sites (N-methyl/N-ethyl adjacent to an activating group) is 2. The lowest BCUT2D eigenvalue weighted by Gasteiger charge is -2.31. The standard InChI is InChI=1S/C18H21IN2O4S/c1-6-10(2)25-15-13(19)8-11(9-14(15)24-5)7-12-16(22)20(3)18(26)21(4)17(12)23/h7-10H,6H2,1-5H3/t10-/m1/s1. The van der Waals surface area contributed by atoms with Gasteiger partial charge in [-0.1, -0.05) is 6.92 Å². The molecule has 1 heterocycles. The molecule has 6 nitrogen and oxygen atoms in total. The maximum Gasteiger partial charge on any atom is 0.265 e. The minimum atomic E-state index is -0.424. The molecule has 0 radical (unpaired) electrons. The monoisotopic (exact) mass is 488 g/mol. The van der Waals surface area contributed by atoms with Gasteiger partial charge in [0.1, 0.15) is 5.57 Å². The third kappa shape index (κ3) is 4.01. The summed E-state index contributed by atoms with van der Waals surface area (Å²) in [6, 6.07) is 3.60. The molecule has 8 heteroatoms. The molecule has 1 fully saturated rings. The minimum Gasteiger partial charge on any atom is -0.493 e. The van der Waals surface area contributed by atoms with Gasteiger partial charge in [0.25, 0.3) is 11.8 Å². The number of ether oxygens (including phenoxy) is 2. The Hall–Kier alpha value is -1.68. The van der Waals surface area contributed by atoms with Gasteiger partial charge >= 0.3 is 0 Å². The van der Waals surface area contributed by atoms with Crippen LogP contribution in [0.15, 0.2) is 17.7 Å². The second-order valence-electron chi connectivity index (χ2n) is 5.94. The minimum absolute atomic E-state index is 0.0476. The summed E-state index contributed by atoms with van der Waals surface area (Å²) in [7, 11) is 4.66. The van der Waals surface area contributed by atoms with E-state index in [0.717, 1.165) is 9.99 Å². The van der Waals surface area contributed by atoms with Crippen LogP contribution in [-0.2, 0) is 9.59 Å². The van der Waals surface area contributed by atoms with Gasteiger partial charge in [0.15, 0.2) is 16.6 Å².